The fraction of sp³-hybridized carbons (Fsp3) is 0.917. The Labute approximate surface area is 88.7 Å². The van der Waals surface area contributed by atoms with Gasteiger partial charge in [0, 0.05) is 6.42 Å². The van der Waals surface area contributed by atoms with E-state index in [2.05, 4.69) is 20.8 Å². The fourth-order valence-electron chi connectivity index (χ4n) is 1.02. The molecule has 2 heteroatoms. The summed E-state index contributed by atoms with van der Waals surface area (Å²) in [6.45, 7) is 8.67. The molecule has 0 aliphatic heterocycles. The molecule has 0 aromatic carbocycles. The van der Waals surface area contributed by atoms with Crippen molar-refractivity contribution in [2.75, 3.05) is 0 Å². The van der Waals surface area contributed by atoms with Gasteiger partial charge in [-0.3, -0.25) is 4.79 Å². The van der Waals surface area contributed by atoms with E-state index in [4.69, 9.17) is 5.11 Å². The zero-order valence-corrected chi connectivity index (χ0v) is 10.2. The Bertz CT molecular complexity index is 119. The van der Waals surface area contributed by atoms with Crippen molar-refractivity contribution < 1.29 is 9.90 Å². The van der Waals surface area contributed by atoms with Crippen LogP contribution < -0.4 is 0 Å². The lowest BCUT2D eigenvalue weighted by atomic mass is 10.1. The van der Waals surface area contributed by atoms with Gasteiger partial charge in [-0.1, -0.05) is 53.4 Å². The quantitative estimate of drug-likeness (QED) is 0.658. The van der Waals surface area contributed by atoms with Gasteiger partial charge < -0.3 is 5.11 Å². The molecule has 0 saturated heterocycles. The fourth-order valence-corrected chi connectivity index (χ4v) is 1.02. The van der Waals surface area contributed by atoms with Crippen LogP contribution in [0.2, 0.25) is 0 Å². The number of hydrogen-bond donors (Lipinski definition) is 1. The Kier molecular flexibility index (Phi) is 14.2. The molecule has 0 amide bonds. The topological polar surface area (TPSA) is 37.3 Å². The summed E-state index contributed by atoms with van der Waals surface area (Å²) in [7, 11) is 0. The molecule has 0 spiro atoms. The van der Waals surface area contributed by atoms with Crippen LogP contribution in [0, 0.1) is 5.92 Å². The van der Waals surface area contributed by atoms with Crippen LogP contribution >= 0.6 is 0 Å². The zero-order chi connectivity index (χ0) is 11.4. The predicted octanol–water partition coefficient (Wildman–Crippen LogP) is 4.09. The van der Waals surface area contributed by atoms with Gasteiger partial charge >= 0.3 is 5.97 Å². The Morgan fingerprint density at radius 2 is 1.71 bits per heavy atom. The Morgan fingerprint density at radius 3 is 1.93 bits per heavy atom. The van der Waals surface area contributed by atoms with Gasteiger partial charge in [0.05, 0.1) is 0 Å². The lowest BCUT2D eigenvalue weighted by molar-refractivity contribution is -0.137. The van der Waals surface area contributed by atoms with Gasteiger partial charge in [0.25, 0.3) is 0 Å². The van der Waals surface area contributed by atoms with Crippen molar-refractivity contribution in [1.29, 1.82) is 0 Å². The molecule has 0 rings (SSSR count). The first-order valence-electron chi connectivity index (χ1n) is 5.76. The largest absolute Gasteiger partial charge is 0.481 e. The SMILES string of the molecule is CCCC(=O)O.CCCCCC(C)C. The van der Waals surface area contributed by atoms with Crippen molar-refractivity contribution in [2.45, 2.75) is 66.2 Å². The molecule has 0 aliphatic carbocycles. The summed E-state index contributed by atoms with van der Waals surface area (Å²) in [5.41, 5.74) is 0. The molecule has 0 radical (unpaired) electrons. The van der Waals surface area contributed by atoms with E-state index >= 15 is 0 Å². The van der Waals surface area contributed by atoms with Crippen LogP contribution in [0.5, 0.6) is 0 Å². The minimum Gasteiger partial charge on any atom is -0.481 e. The van der Waals surface area contributed by atoms with Crippen molar-refractivity contribution in [3.8, 4) is 0 Å². The summed E-state index contributed by atoms with van der Waals surface area (Å²) >= 11 is 0. The maximum absolute atomic E-state index is 9.60. The monoisotopic (exact) mass is 202 g/mol. The molecule has 0 heterocycles. The maximum Gasteiger partial charge on any atom is 0.303 e. The van der Waals surface area contributed by atoms with Crippen molar-refractivity contribution in [1.82, 2.24) is 0 Å². The van der Waals surface area contributed by atoms with E-state index in [1.165, 1.54) is 25.7 Å². The molecule has 2 nitrogen and oxygen atoms in total. The first-order valence-corrected chi connectivity index (χ1v) is 5.76. The minimum absolute atomic E-state index is 0.292. The molecule has 0 saturated carbocycles. The number of hydrogen-bond acceptors (Lipinski definition) is 1. The van der Waals surface area contributed by atoms with Crippen LogP contribution in [0.25, 0.3) is 0 Å². The highest BCUT2D eigenvalue weighted by Gasteiger charge is 1.90. The van der Waals surface area contributed by atoms with E-state index in [0.29, 0.717) is 6.42 Å². The second-order valence-electron chi connectivity index (χ2n) is 4.03. The number of rotatable bonds is 6. The lowest BCUT2D eigenvalue weighted by Gasteiger charge is -2.00. The van der Waals surface area contributed by atoms with Gasteiger partial charge in [-0.2, -0.15) is 0 Å². The minimum atomic E-state index is -0.711. The molecule has 86 valence electrons. The molecular weight excluding hydrogens is 176 g/mol. The molecule has 14 heavy (non-hydrogen) atoms. The second kappa shape index (κ2) is 12.5. The summed E-state index contributed by atoms with van der Waals surface area (Å²) in [5.74, 6) is 0.194. The number of carboxylic acids is 1. The molecule has 0 bridgehead atoms. The average Bonchev–Trinajstić information content (AvgIpc) is 2.05. The van der Waals surface area contributed by atoms with Gasteiger partial charge in [-0.25, -0.2) is 0 Å². The highest BCUT2D eigenvalue weighted by Crippen LogP contribution is 2.06. The molecule has 0 aliphatic rings. The van der Waals surface area contributed by atoms with E-state index in [1.807, 2.05) is 6.92 Å². The van der Waals surface area contributed by atoms with Gasteiger partial charge in [-0.05, 0) is 12.3 Å². The van der Waals surface area contributed by atoms with Gasteiger partial charge in [0.15, 0.2) is 0 Å². The van der Waals surface area contributed by atoms with Gasteiger partial charge in [0.2, 0.25) is 0 Å². The first kappa shape index (κ1) is 15.9. The van der Waals surface area contributed by atoms with E-state index in [-0.39, 0.29) is 0 Å². The summed E-state index contributed by atoms with van der Waals surface area (Å²) in [6, 6.07) is 0. The molecule has 0 aromatic rings. The number of aliphatic carboxylic acids is 1. The Balaban J connectivity index is 0. The maximum atomic E-state index is 9.60. The molecule has 0 fully saturated rings. The second-order valence-corrected chi connectivity index (χ2v) is 4.03. The highest BCUT2D eigenvalue weighted by atomic mass is 16.4. The smallest absolute Gasteiger partial charge is 0.303 e. The van der Waals surface area contributed by atoms with Crippen LogP contribution in [0.3, 0.4) is 0 Å². The normalized spacial score (nSPS) is 9.50. The van der Waals surface area contributed by atoms with Gasteiger partial charge in [-0.15, -0.1) is 0 Å². The summed E-state index contributed by atoms with van der Waals surface area (Å²) in [6.07, 6.45) is 6.63. The first-order chi connectivity index (χ1) is 6.54. The molecular formula is C12H26O2. The lowest BCUT2D eigenvalue weighted by Crippen LogP contribution is -1.90. The van der Waals surface area contributed by atoms with Crippen LogP contribution in [-0.2, 0) is 4.79 Å². The third kappa shape index (κ3) is 22.5. The van der Waals surface area contributed by atoms with Crippen LogP contribution in [-0.4, -0.2) is 11.1 Å². The number of unbranched alkanes of at least 4 members (excludes halogenated alkanes) is 2. The third-order valence-electron chi connectivity index (χ3n) is 1.85. The van der Waals surface area contributed by atoms with E-state index in [9.17, 15) is 4.79 Å². The van der Waals surface area contributed by atoms with E-state index in [1.54, 1.807) is 0 Å². The standard InChI is InChI=1S/C8H18.C4H8O2/c1-4-5-6-7-8(2)3;1-2-3-4(5)6/h8H,4-7H2,1-3H3;2-3H2,1H3,(H,5,6). The van der Waals surface area contributed by atoms with E-state index in [0.717, 1.165) is 12.3 Å². The molecule has 0 aromatic heterocycles. The van der Waals surface area contributed by atoms with Crippen LogP contribution in [0.4, 0.5) is 0 Å². The van der Waals surface area contributed by atoms with Crippen molar-refractivity contribution >= 4 is 5.97 Å². The van der Waals surface area contributed by atoms with Crippen molar-refractivity contribution in [2.24, 2.45) is 5.92 Å². The Morgan fingerprint density at radius 1 is 1.14 bits per heavy atom. The van der Waals surface area contributed by atoms with Crippen LogP contribution in [0.1, 0.15) is 66.2 Å². The summed E-state index contributed by atoms with van der Waals surface area (Å²) < 4.78 is 0. The number of carbonyl (C=O) groups is 1. The van der Waals surface area contributed by atoms with Crippen molar-refractivity contribution in [3.05, 3.63) is 0 Å². The highest BCUT2D eigenvalue weighted by molar-refractivity contribution is 5.66. The van der Waals surface area contributed by atoms with E-state index < -0.39 is 5.97 Å². The third-order valence-corrected chi connectivity index (χ3v) is 1.85. The molecule has 0 atom stereocenters. The number of carboxylic acid groups (broad SMARTS) is 1. The predicted molar refractivity (Wildman–Crippen MR) is 61.5 cm³/mol. The molecule has 1 N–H and O–H groups in total. The van der Waals surface area contributed by atoms with Gasteiger partial charge in [0.1, 0.15) is 0 Å². The van der Waals surface area contributed by atoms with Crippen molar-refractivity contribution in [3.63, 3.8) is 0 Å². The van der Waals surface area contributed by atoms with Crippen LogP contribution in [0.15, 0.2) is 0 Å². The Hall–Kier alpha value is -0.530. The zero-order valence-electron chi connectivity index (χ0n) is 10.2. The summed E-state index contributed by atoms with van der Waals surface area (Å²) in [5, 5.41) is 7.91. The summed E-state index contributed by atoms with van der Waals surface area (Å²) in [4.78, 5) is 9.60. The average molecular weight is 202 g/mol. The molecule has 0 unspecified atom stereocenters.